The van der Waals surface area contributed by atoms with Gasteiger partial charge in [0.2, 0.25) is 5.91 Å². The van der Waals surface area contributed by atoms with Gasteiger partial charge in [0, 0.05) is 18.1 Å². The molecule has 98 valence electrons. The second kappa shape index (κ2) is 6.07. The molecule has 5 heteroatoms. The lowest BCUT2D eigenvalue weighted by molar-refractivity contribution is -0.131. The SMILES string of the molecule is O=C(CCOc1cccc(Cl)c1)N1CC[C@@H](O)C1. The highest BCUT2D eigenvalue weighted by molar-refractivity contribution is 6.30. The Labute approximate surface area is 111 Å². The van der Waals surface area contributed by atoms with Gasteiger partial charge in [0.05, 0.1) is 19.1 Å². The van der Waals surface area contributed by atoms with Gasteiger partial charge < -0.3 is 14.7 Å². The van der Waals surface area contributed by atoms with Crippen LogP contribution in [0.4, 0.5) is 0 Å². The Morgan fingerprint density at radius 3 is 3.06 bits per heavy atom. The molecule has 2 rings (SSSR count). The van der Waals surface area contributed by atoms with Crippen molar-refractivity contribution >= 4 is 17.5 Å². The number of β-amino-alcohol motifs (C(OH)–C–C–N with tert-alkyl or cyclic N) is 1. The molecule has 1 aromatic rings. The normalized spacial score (nSPS) is 19.0. The largest absolute Gasteiger partial charge is 0.493 e. The molecule has 18 heavy (non-hydrogen) atoms. The maximum atomic E-state index is 11.8. The average Bonchev–Trinajstić information content (AvgIpc) is 2.76. The number of hydrogen-bond acceptors (Lipinski definition) is 3. The maximum absolute atomic E-state index is 11.8. The Morgan fingerprint density at radius 2 is 2.39 bits per heavy atom. The minimum absolute atomic E-state index is 0.0218. The van der Waals surface area contributed by atoms with E-state index in [-0.39, 0.29) is 12.0 Å². The summed E-state index contributed by atoms with van der Waals surface area (Å²) in [5.41, 5.74) is 0. The standard InChI is InChI=1S/C13H16ClNO3/c14-10-2-1-3-12(8-10)18-7-5-13(17)15-6-4-11(16)9-15/h1-3,8,11,16H,4-7,9H2/t11-/m1/s1. The summed E-state index contributed by atoms with van der Waals surface area (Å²) in [7, 11) is 0. The number of carbonyl (C=O) groups excluding carboxylic acids is 1. The highest BCUT2D eigenvalue weighted by Crippen LogP contribution is 2.17. The number of rotatable bonds is 4. The van der Waals surface area contributed by atoms with Gasteiger partial charge >= 0.3 is 0 Å². The molecule has 4 nitrogen and oxygen atoms in total. The van der Waals surface area contributed by atoms with Crippen molar-refractivity contribution in [2.45, 2.75) is 18.9 Å². The van der Waals surface area contributed by atoms with Gasteiger partial charge in [-0.1, -0.05) is 17.7 Å². The molecular weight excluding hydrogens is 254 g/mol. The zero-order chi connectivity index (χ0) is 13.0. The second-order valence-electron chi connectivity index (χ2n) is 4.34. The Kier molecular flexibility index (Phi) is 4.44. The van der Waals surface area contributed by atoms with Gasteiger partial charge in [0.25, 0.3) is 0 Å². The number of nitrogens with zero attached hydrogens (tertiary/aromatic N) is 1. The topological polar surface area (TPSA) is 49.8 Å². The molecule has 1 fully saturated rings. The van der Waals surface area contributed by atoms with Crippen molar-refractivity contribution in [2.24, 2.45) is 0 Å². The summed E-state index contributed by atoms with van der Waals surface area (Å²) in [6.45, 7) is 1.40. The third-order valence-corrected chi connectivity index (χ3v) is 3.13. The predicted molar refractivity (Wildman–Crippen MR) is 68.8 cm³/mol. The number of halogens is 1. The molecule has 0 radical (unpaired) electrons. The first-order valence-electron chi connectivity index (χ1n) is 5.99. The van der Waals surface area contributed by atoms with Gasteiger partial charge in [-0.25, -0.2) is 0 Å². The van der Waals surface area contributed by atoms with Crippen LogP contribution in [0.15, 0.2) is 24.3 Å². The van der Waals surface area contributed by atoms with Crippen LogP contribution in [0.1, 0.15) is 12.8 Å². The molecule has 1 atom stereocenters. The van der Waals surface area contributed by atoms with Crippen molar-refractivity contribution < 1.29 is 14.6 Å². The maximum Gasteiger partial charge on any atom is 0.226 e. The van der Waals surface area contributed by atoms with Gasteiger partial charge in [-0.15, -0.1) is 0 Å². The fourth-order valence-electron chi connectivity index (χ4n) is 1.94. The van der Waals surface area contributed by atoms with E-state index in [1.165, 1.54) is 0 Å². The number of likely N-dealkylation sites (tertiary alicyclic amines) is 1. The number of hydrogen-bond donors (Lipinski definition) is 1. The van der Waals surface area contributed by atoms with E-state index in [0.29, 0.717) is 43.3 Å². The van der Waals surface area contributed by atoms with Crippen LogP contribution < -0.4 is 4.74 Å². The lowest BCUT2D eigenvalue weighted by Crippen LogP contribution is -2.30. The number of carbonyl (C=O) groups is 1. The van der Waals surface area contributed by atoms with Crippen LogP contribution in [0.3, 0.4) is 0 Å². The molecule has 1 aliphatic heterocycles. The van der Waals surface area contributed by atoms with Crippen LogP contribution in [-0.4, -0.2) is 41.7 Å². The third kappa shape index (κ3) is 3.62. The molecule has 1 aromatic carbocycles. The number of aliphatic hydroxyl groups is 1. The zero-order valence-corrected chi connectivity index (χ0v) is 10.8. The summed E-state index contributed by atoms with van der Waals surface area (Å²) in [4.78, 5) is 13.4. The molecule has 0 saturated carbocycles. The summed E-state index contributed by atoms with van der Waals surface area (Å²) < 4.78 is 5.45. The lowest BCUT2D eigenvalue weighted by Gasteiger charge is -2.15. The summed E-state index contributed by atoms with van der Waals surface area (Å²) >= 11 is 5.82. The van der Waals surface area contributed by atoms with E-state index in [1.54, 1.807) is 29.2 Å². The van der Waals surface area contributed by atoms with Crippen LogP contribution >= 0.6 is 11.6 Å². The van der Waals surface area contributed by atoms with Crippen LogP contribution in [0, 0.1) is 0 Å². The molecule has 0 unspecified atom stereocenters. The summed E-state index contributed by atoms with van der Waals surface area (Å²) in [5, 5.41) is 9.96. The minimum atomic E-state index is -0.372. The highest BCUT2D eigenvalue weighted by atomic mass is 35.5. The van der Waals surface area contributed by atoms with Gasteiger partial charge in [0.15, 0.2) is 0 Å². The monoisotopic (exact) mass is 269 g/mol. The Hall–Kier alpha value is -1.26. The zero-order valence-electron chi connectivity index (χ0n) is 10.0. The number of ether oxygens (including phenoxy) is 1. The van der Waals surface area contributed by atoms with Crippen molar-refractivity contribution in [3.8, 4) is 5.75 Å². The first-order chi connectivity index (χ1) is 8.65. The summed E-state index contributed by atoms with van der Waals surface area (Å²) in [6, 6.07) is 7.09. The molecule has 0 aliphatic carbocycles. The molecule has 0 bridgehead atoms. The fraction of sp³-hybridized carbons (Fsp3) is 0.462. The second-order valence-corrected chi connectivity index (χ2v) is 4.77. The molecule has 1 amide bonds. The van der Waals surface area contributed by atoms with Crippen molar-refractivity contribution in [3.63, 3.8) is 0 Å². The Morgan fingerprint density at radius 1 is 1.56 bits per heavy atom. The molecule has 1 saturated heterocycles. The first-order valence-corrected chi connectivity index (χ1v) is 6.37. The Bertz CT molecular complexity index is 424. The lowest BCUT2D eigenvalue weighted by atomic mass is 10.3. The van der Waals surface area contributed by atoms with Crippen LogP contribution in [0.2, 0.25) is 5.02 Å². The van der Waals surface area contributed by atoms with Crippen LogP contribution in [0.5, 0.6) is 5.75 Å². The smallest absolute Gasteiger partial charge is 0.226 e. The third-order valence-electron chi connectivity index (χ3n) is 2.90. The van der Waals surface area contributed by atoms with Crippen LogP contribution in [0.25, 0.3) is 0 Å². The van der Waals surface area contributed by atoms with Crippen LogP contribution in [-0.2, 0) is 4.79 Å². The number of benzene rings is 1. The molecule has 0 aromatic heterocycles. The quantitative estimate of drug-likeness (QED) is 0.905. The highest BCUT2D eigenvalue weighted by Gasteiger charge is 2.23. The van der Waals surface area contributed by atoms with E-state index in [0.717, 1.165) is 0 Å². The molecular formula is C13H16ClNO3. The molecule has 1 aliphatic rings. The first kappa shape index (κ1) is 13.2. The van der Waals surface area contributed by atoms with Crippen molar-refractivity contribution in [3.05, 3.63) is 29.3 Å². The molecule has 1 N–H and O–H groups in total. The fourth-order valence-corrected chi connectivity index (χ4v) is 2.12. The minimum Gasteiger partial charge on any atom is -0.493 e. The summed E-state index contributed by atoms with van der Waals surface area (Å²) in [5.74, 6) is 0.685. The van der Waals surface area contributed by atoms with E-state index >= 15 is 0 Å². The van der Waals surface area contributed by atoms with Gasteiger partial charge in [0.1, 0.15) is 5.75 Å². The Balaban J connectivity index is 1.73. The van der Waals surface area contributed by atoms with E-state index in [1.807, 2.05) is 0 Å². The van der Waals surface area contributed by atoms with Crippen molar-refractivity contribution in [1.29, 1.82) is 0 Å². The van der Waals surface area contributed by atoms with Gasteiger partial charge in [-0.2, -0.15) is 0 Å². The average molecular weight is 270 g/mol. The molecule has 1 heterocycles. The van der Waals surface area contributed by atoms with E-state index in [4.69, 9.17) is 16.3 Å². The number of amides is 1. The molecule has 0 spiro atoms. The van der Waals surface area contributed by atoms with E-state index < -0.39 is 0 Å². The summed E-state index contributed by atoms with van der Waals surface area (Å²) in [6.07, 6.45) is 0.614. The van der Waals surface area contributed by atoms with E-state index in [2.05, 4.69) is 0 Å². The van der Waals surface area contributed by atoms with Gasteiger partial charge in [-0.05, 0) is 24.6 Å². The number of aliphatic hydroxyl groups excluding tert-OH is 1. The van der Waals surface area contributed by atoms with Gasteiger partial charge in [-0.3, -0.25) is 4.79 Å². The van der Waals surface area contributed by atoms with E-state index in [9.17, 15) is 9.90 Å². The van der Waals surface area contributed by atoms with Crippen molar-refractivity contribution in [1.82, 2.24) is 4.90 Å². The predicted octanol–water partition coefficient (Wildman–Crippen LogP) is 1.70. The van der Waals surface area contributed by atoms with Crippen molar-refractivity contribution in [2.75, 3.05) is 19.7 Å².